The molecule has 0 amide bonds. The van der Waals surface area contributed by atoms with Crippen LogP contribution in [0.4, 0.5) is 5.95 Å². The number of ether oxygens (including phenoxy) is 1. The number of hydrogen-bond acceptors (Lipinski definition) is 3. The number of para-hydroxylation sites is 1. The minimum Gasteiger partial charge on any atom is -0.497 e. The average molecular weight is 239 g/mol. The summed E-state index contributed by atoms with van der Waals surface area (Å²) >= 11 is 0. The first-order valence-corrected chi connectivity index (χ1v) is 5.67. The molecule has 0 fully saturated rings. The van der Waals surface area contributed by atoms with Crippen molar-refractivity contribution in [2.24, 2.45) is 0 Å². The van der Waals surface area contributed by atoms with Crippen LogP contribution in [0, 0.1) is 0 Å². The Balaban J connectivity index is 2.30. The molecule has 2 N–H and O–H groups in total. The van der Waals surface area contributed by atoms with Crippen LogP contribution in [0.25, 0.3) is 16.7 Å². The first-order chi connectivity index (χ1) is 8.79. The van der Waals surface area contributed by atoms with Crippen molar-refractivity contribution in [2.45, 2.75) is 0 Å². The second-order valence-electron chi connectivity index (χ2n) is 4.00. The predicted molar refractivity (Wildman–Crippen MR) is 72.0 cm³/mol. The van der Waals surface area contributed by atoms with E-state index < -0.39 is 0 Å². The largest absolute Gasteiger partial charge is 0.497 e. The van der Waals surface area contributed by atoms with Gasteiger partial charge in [-0.1, -0.05) is 18.2 Å². The number of methoxy groups -OCH3 is 1. The zero-order chi connectivity index (χ0) is 12.5. The van der Waals surface area contributed by atoms with Crippen molar-refractivity contribution < 1.29 is 4.74 Å². The standard InChI is InChI=1S/C14H13N3O/c1-18-11-7-8-12-13(9-11)17(14(15)16-12)10-5-3-2-4-6-10/h2-9H,1H3,(H2,15,16). The van der Waals surface area contributed by atoms with Gasteiger partial charge in [-0.3, -0.25) is 4.57 Å². The Bertz CT molecular complexity index is 689. The molecule has 0 unspecified atom stereocenters. The van der Waals surface area contributed by atoms with Crippen LogP contribution in [-0.4, -0.2) is 16.7 Å². The molecule has 3 aromatic rings. The van der Waals surface area contributed by atoms with E-state index in [1.165, 1.54) is 0 Å². The summed E-state index contributed by atoms with van der Waals surface area (Å²) in [5, 5.41) is 0. The Labute approximate surface area is 105 Å². The summed E-state index contributed by atoms with van der Waals surface area (Å²) in [6, 6.07) is 15.6. The molecule has 0 atom stereocenters. The van der Waals surface area contributed by atoms with Crippen molar-refractivity contribution in [3.05, 3.63) is 48.5 Å². The van der Waals surface area contributed by atoms with Crippen LogP contribution < -0.4 is 10.5 Å². The molecule has 0 bridgehead atoms. The number of anilines is 1. The highest BCUT2D eigenvalue weighted by Gasteiger charge is 2.10. The average Bonchev–Trinajstić information content (AvgIpc) is 2.74. The molecule has 0 spiro atoms. The van der Waals surface area contributed by atoms with Crippen molar-refractivity contribution in [2.75, 3.05) is 12.8 Å². The predicted octanol–water partition coefficient (Wildman–Crippen LogP) is 2.62. The fourth-order valence-corrected chi connectivity index (χ4v) is 2.05. The van der Waals surface area contributed by atoms with Gasteiger partial charge in [-0.05, 0) is 24.3 Å². The van der Waals surface area contributed by atoms with E-state index in [0.717, 1.165) is 22.5 Å². The molecule has 0 aliphatic carbocycles. The maximum absolute atomic E-state index is 5.99. The second kappa shape index (κ2) is 4.07. The summed E-state index contributed by atoms with van der Waals surface area (Å²) < 4.78 is 7.16. The Hall–Kier alpha value is -2.49. The molecule has 0 aliphatic heterocycles. The number of benzene rings is 2. The van der Waals surface area contributed by atoms with E-state index in [1.807, 2.05) is 53.1 Å². The summed E-state index contributed by atoms with van der Waals surface area (Å²) in [6.45, 7) is 0. The van der Waals surface area contributed by atoms with E-state index >= 15 is 0 Å². The van der Waals surface area contributed by atoms with Crippen molar-refractivity contribution in [1.29, 1.82) is 0 Å². The van der Waals surface area contributed by atoms with Crippen LogP contribution in [-0.2, 0) is 0 Å². The molecule has 3 rings (SSSR count). The lowest BCUT2D eigenvalue weighted by molar-refractivity contribution is 0.415. The fraction of sp³-hybridized carbons (Fsp3) is 0.0714. The Morgan fingerprint density at radius 3 is 2.61 bits per heavy atom. The molecule has 0 saturated carbocycles. The molecule has 2 aromatic carbocycles. The molecule has 0 radical (unpaired) electrons. The number of hydrogen-bond donors (Lipinski definition) is 1. The van der Waals surface area contributed by atoms with E-state index in [0.29, 0.717) is 5.95 Å². The van der Waals surface area contributed by atoms with Gasteiger partial charge in [0.25, 0.3) is 0 Å². The third kappa shape index (κ3) is 1.59. The van der Waals surface area contributed by atoms with Crippen LogP contribution in [0.15, 0.2) is 48.5 Å². The normalized spacial score (nSPS) is 10.7. The van der Waals surface area contributed by atoms with Crippen LogP contribution in [0.2, 0.25) is 0 Å². The summed E-state index contributed by atoms with van der Waals surface area (Å²) in [7, 11) is 1.65. The molecule has 1 heterocycles. The van der Waals surface area contributed by atoms with Gasteiger partial charge in [0.15, 0.2) is 0 Å². The van der Waals surface area contributed by atoms with Gasteiger partial charge in [0, 0.05) is 11.8 Å². The lowest BCUT2D eigenvalue weighted by Gasteiger charge is -2.06. The number of nitrogen functional groups attached to an aromatic ring is 1. The monoisotopic (exact) mass is 239 g/mol. The zero-order valence-corrected chi connectivity index (χ0v) is 10.00. The van der Waals surface area contributed by atoms with E-state index in [4.69, 9.17) is 10.5 Å². The Morgan fingerprint density at radius 2 is 1.89 bits per heavy atom. The molecule has 0 saturated heterocycles. The summed E-state index contributed by atoms with van der Waals surface area (Å²) in [5.41, 5.74) is 8.78. The van der Waals surface area contributed by atoms with E-state index in [1.54, 1.807) is 7.11 Å². The molecule has 18 heavy (non-hydrogen) atoms. The van der Waals surface area contributed by atoms with Gasteiger partial charge in [-0.25, -0.2) is 4.98 Å². The van der Waals surface area contributed by atoms with Gasteiger partial charge in [-0.2, -0.15) is 0 Å². The number of nitrogens with two attached hydrogens (primary N) is 1. The fourth-order valence-electron chi connectivity index (χ4n) is 2.05. The minimum atomic E-state index is 0.476. The first-order valence-electron chi connectivity index (χ1n) is 5.67. The highest BCUT2D eigenvalue weighted by atomic mass is 16.5. The maximum Gasteiger partial charge on any atom is 0.205 e. The van der Waals surface area contributed by atoms with Gasteiger partial charge in [0.1, 0.15) is 5.75 Å². The topological polar surface area (TPSA) is 53.1 Å². The number of imidazole rings is 1. The van der Waals surface area contributed by atoms with Crippen molar-refractivity contribution >= 4 is 17.0 Å². The molecule has 4 heteroatoms. The molecule has 4 nitrogen and oxygen atoms in total. The highest BCUT2D eigenvalue weighted by Crippen LogP contribution is 2.26. The number of rotatable bonds is 2. The SMILES string of the molecule is COc1ccc2nc(N)n(-c3ccccc3)c2c1. The van der Waals surface area contributed by atoms with Crippen molar-refractivity contribution in [3.8, 4) is 11.4 Å². The molecular formula is C14H13N3O. The van der Waals surface area contributed by atoms with Gasteiger partial charge in [0.05, 0.1) is 18.1 Å². The summed E-state index contributed by atoms with van der Waals surface area (Å²) in [5.74, 6) is 1.27. The second-order valence-corrected chi connectivity index (χ2v) is 4.00. The van der Waals surface area contributed by atoms with Gasteiger partial charge >= 0.3 is 0 Å². The Kier molecular flexibility index (Phi) is 2.41. The quantitative estimate of drug-likeness (QED) is 0.748. The summed E-state index contributed by atoms with van der Waals surface area (Å²) in [4.78, 5) is 4.35. The minimum absolute atomic E-state index is 0.476. The first kappa shape index (κ1) is 10.7. The van der Waals surface area contributed by atoms with Gasteiger partial charge in [0.2, 0.25) is 5.95 Å². The van der Waals surface area contributed by atoms with Crippen LogP contribution in [0.3, 0.4) is 0 Å². The van der Waals surface area contributed by atoms with Gasteiger partial charge < -0.3 is 10.5 Å². The third-order valence-electron chi connectivity index (χ3n) is 2.90. The lowest BCUT2D eigenvalue weighted by Crippen LogP contribution is -2.00. The number of nitrogens with zero attached hydrogens (tertiary/aromatic N) is 2. The number of fused-ring (bicyclic) bond motifs is 1. The van der Waals surface area contributed by atoms with Crippen LogP contribution >= 0.6 is 0 Å². The van der Waals surface area contributed by atoms with Gasteiger partial charge in [-0.15, -0.1) is 0 Å². The number of aromatic nitrogens is 2. The molecule has 0 aliphatic rings. The van der Waals surface area contributed by atoms with Crippen LogP contribution in [0.5, 0.6) is 5.75 Å². The lowest BCUT2D eigenvalue weighted by atomic mass is 10.2. The maximum atomic E-state index is 5.99. The Morgan fingerprint density at radius 1 is 1.11 bits per heavy atom. The molecular weight excluding hydrogens is 226 g/mol. The molecule has 1 aromatic heterocycles. The van der Waals surface area contributed by atoms with Crippen molar-refractivity contribution in [3.63, 3.8) is 0 Å². The zero-order valence-electron chi connectivity index (χ0n) is 10.00. The molecule has 90 valence electrons. The van der Waals surface area contributed by atoms with E-state index in [-0.39, 0.29) is 0 Å². The smallest absolute Gasteiger partial charge is 0.205 e. The van der Waals surface area contributed by atoms with Crippen LogP contribution in [0.1, 0.15) is 0 Å². The highest BCUT2D eigenvalue weighted by molar-refractivity contribution is 5.82. The third-order valence-corrected chi connectivity index (χ3v) is 2.90. The summed E-state index contributed by atoms with van der Waals surface area (Å²) in [6.07, 6.45) is 0. The van der Waals surface area contributed by atoms with E-state index in [2.05, 4.69) is 4.98 Å². The van der Waals surface area contributed by atoms with Crippen molar-refractivity contribution in [1.82, 2.24) is 9.55 Å². The van der Waals surface area contributed by atoms with E-state index in [9.17, 15) is 0 Å².